The molecule has 0 aromatic heterocycles. The van der Waals surface area contributed by atoms with Gasteiger partial charge in [0.15, 0.2) is 0 Å². The smallest absolute Gasteiger partial charge is 0.338 e. The topological polar surface area (TPSA) is 83.9 Å². The first-order chi connectivity index (χ1) is 16.3. The first kappa shape index (κ1) is 23.0. The third-order valence-electron chi connectivity index (χ3n) is 5.61. The number of amides is 1. The Hall–Kier alpha value is -4.19. The van der Waals surface area contributed by atoms with Crippen molar-refractivity contribution in [1.82, 2.24) is 0 Å². The maximum atomic E-state index is 13.2. The molecule has 6 heteroatoms. The van der Waals surface area contributed by atoms with Gasteiger partial charge in [-0.15, -0.1) is 0 Å². The summed E-state index contributed by atoms with van der Waals surface area (Å²) in [4.78, 5) is 39.9. The summed E-state index contributed by atoms with van der Waals surface area (Å²) in [6.07, 6.45) is -0.259. The second kappa shape index (κ2) is 9.35. The van der Waals surface area contributed by atoms with E-state index in [9.17, 15) is 19.5 Å². The molecule has 0 radical (unpaired) electrons. The summed E-state index contributed by atoms with van der Waals surface area (Å²) in [6.45, 7) is 5.45. The van der Waals surface area contributed by atoms with Crippen LogP contribution in [0.4, 0.5) is 5.69 Å². The van der Waals surface area contributed by atoms with E-state index in [2.05, 4.69) is 0 Å². The highest BCUT2D eigenvalue weighted by Crippen LogP contribution is 2.42. The van der Waals surface area contributed by atoms with Gasteiger partial charge in [-0.05, 0) is 50.6 Å². The summed E-state index contributed by atoms with van der Waals surface area (Å²) in [5.74, 6) is -2.22. The zero-order valence-electron chi connectivity index (χ0n) is 19.2. The number of hydrogen-bond acceptors (Lipinski definition) is 5. The Morgan fingerprint density at radius 1 is 0.882 bits per heavy atom. The lowest BCUT2D eigenvalue weighted by molar-refractivity contribution is -0.132. The molecule has 1 N–H and O–H groups in total. The van der Waals surface area contributed by atoms with Crippen LogP contribution >= 0.6 is 0 Å². The number of benzene rings is 3. The molecule has 1 aliphatic heterocycles. The molecule has 34 heavy (non-hydrogen) atoms. The molecule has 0 aliphatic carbocycles. The van der Waals surface area contributed by atoms with Crippen molar-refractivity contribution in [2.24, 2.45) is 0 Å². The number of carbonyl (C=O) groups is 3. The van der Waals surface area contributed by atoms with Gasteiger partial charge in [0.1, 0.15) is 5.76 Å². The Labute approximate surface area is 198 Å². The third kappa shape index (κ3) is 4.35. The molecule has 3 aromatic carbocycles. The normalized spacial score (nSPS) is 17.3. The van der Waals surface area contributed by atoms with Crippen molar-refractivity contribution in [1.29, 1.82) is 0 Å². The summed E-state index contributed by atoms with van der Waals surface area (Å²) in [5.41, 5.74) is 2.93. The van der Waals surface area contributed by atoms with Crippen LogP contribution in [0.15, 0.2) is 84.4 Å². The highest BCUT2D eigenvalue weighted by Gasteiger charge is 2.46. The number of aliphatic hydroxyl groups excluding tert-OH is 1. The lowest BCUT2D eigenvalue weighted by atomic mass is 9.95. The molecule has 0 spiro atoms. The Bertz CT molecular complexity index is 1260. The molecule has 1 saturated heterocycles. The van der Waals surface area contributed by atoms with Gasteiger partial charge in [0.25, 0.3) is 11.7 Å². The second-order valence-corrected chi connectivity index (χ2v) is 8.45. The number of carbonyl (C=O) groups excluding carboxylic acids is 3. The van der Waals surface area contributed by atoms with E-state index < -0.39 is 23.7 Å². The average molecular weight is 456 g/mol. The summed E-state index contributed by atoms with van der Waals surface area (Å²) in [7, 11) is 0. The number of aryl methyl sites for hydroxylation is 1. The molecule has 0 saturated carbocycles. The van der Waals surface area contributed by atoms with E-state index in [1.807, 2.05) is 37.3 Å². The number of ether oxygens (including phenoxy) is 1. The summed E-state index contributed by atoms with van der Waals surface area (Å²) >= 11 is 0. The molecular formula is C28H25NO5. The van der Waals surface area contributed by atoms with Crippen molar-refractivity contribution in [3.63, 3.8) is 0 Å². The summed E-state index contributed by atoms with van der Waals surface area (Å²) in [6, 6.07) is 21.7. The molecular weight excluding hydrogens is 430 g/mol. The molecule has 0 bridgehead atoms. The minimum absolute atomic E-state index is 0.0170. The van der Waals surface area contributed by atoms with Crippen LogP contribution in [0.5, 0.6) is 0 Å². The highest BCUT2D eigenvalue weighted by atomic mass is 16.5. The second-order valence-electron chi connectivity index (χ2n) is 8.45. The number of hydrogen-bond donors (Lipinski definition) is 1. The van der Waals surface area contributed by atoms with E-state index in [0.29, 0.717) is 22.4 Å². The Balaban J connectivity index is 1.82. The fourth-order valence-electron chi connectivity index (χ4n) is 3.96. The van der Waals surface area contributed by atoms with Gasteiger partial charge in [0, 0.05) is 11.3 Å². The molecule has 1 amide bonds. The van der Waals surface area contributed by atoms with Crippen LogP contribution in [-0.2, 0) is 14.3 Å². The molecule has 3 aromatic rings. The predicted molar refractivity (Wildman–Crippen MR) is 129 cm³/mol. The minimum Gasteiger partial charge on any atom is -0.507 e. The number of esters is 1. The van der Waals surface area contributed by atoms with E-state index in [1.165, 1.54) is 4.90 Å². The number of aliphatic hydroxyl groups is 1. The van der Waals surface area contributed by atoms with E-state index in [1.54, 1.807) is 62.4 Å². The standard InChI is InChI=1S/C28H25NO5/c1-17(2)34-28(33)21-13-15-22(16-14-21)29-24(19-7-5-4-6-8-19)23(26(31)27(29)32)25(30)20-11-9-18(3)10-12-20/h4-17,24,30H,1-3H3/b25-23+. The van der Waals surface area contributed by atoms with Gasteiger partial charge >= 0.3 is 5.97 Å². The van der Waals surface area contributed by atoms with Gasteiger partial charge in [-0.3, -0.25) is 14.5 Å². The largest absolute Gasteiger partial charge is 0.507 e. The third-order valence-corrected chi connectivity index (χ3v) is 5.61. The number of Topliss-reactive ketones (excluding diaryl/α,β-unsaturated/α-hetero) is 1. The predicted octanol–water partition coefficient (Wildman–Crippen LogP) is 5.19. The average Bonchev–Trinajstić information content (AvgIpc) is 3.10. The fraction of sp³-hybridized carbons (Fsp3) is 0.179. The summed E-state index contributed by atoms with van der Waals surface area (Å²) in [5, 5.41) is 11.1. The molecule has 1 unspecified atom stereocenters. The quantitative estimate of drug-likeness (QED) is 0.248. The molecule has 1 heterocycles. The van der Waals surface area contributed by atoms with Crippen LogP contribution < -0.4 is 4.90 Å². The van der Waals surface area contributed by atoms with Crippen LogP contribution in [0.1, 0.15) is 46.9 Å². The number of anilines is 1. The Morgan fingerprint density at radius 3 is 2.06 bits per heavy atom. The van der Waals surface area contributed by atoms with E-state index >= 15 is 0 Å². The Morgan fingerprint density at radius 2 is 1.47 bits per heavy atom. The van der Waals surface area contributed by atoms with Gasteiger partial charge < -0.3 is 9.84 Å². The van der Waals surface area contributed by atoms with Gasteiger partial charge in [-0.2, -0.15) is 0 Å². The zero-order valence-corrected chi connectivity index (χ0v) is 19.2. The van der Waals surface area contributed by atoms with Crippen LogP contribution in [0, 0.1) is 6.92 Å². The van der Waals surface area contributed by atoms with E-state index in [-0.39, 0.29) is 17.4 Å². The highest BCUT2D eigenvalue weighted by molar-refractivity contribution is 6.51. The maximum absolute atomic E-state index is 13.2. The van der Waals surface area contributed by atoms with Crippen molar-refractivity contribution in [2.75, 3.05) is 4.90 Å². The van der Waals surface area contributed by atoms with E-state index in [4.69, 9.17) is 4.74 Å². The molecule has 4 rings (SSSR count). The first-order valence-electron chi connectivity index (χ1n) is 11.0. The van der Waals surface area contributed by atoms with Crippen molar-refractivity contribution >= 4 is 29.1 Å². The van der Waals surface area contributed by atoms with Gasteiger partial charge in [-0.1, -0.05) is 60.2 Å². The van der Waals surface area contributed by atoms with Gasteiger partial charge in [0.2, 0.25) is 0 Å². The van der Waals surface area contributed by atoms with Gasteiger partial charge in [-0.25, -0.2) is 4.79 Å². The SMILES string of the molecule is Cc1ccc(/C(O)=C2\C(=O)C(=O)N(c3ccc(C(=O)OC(C)C)cc3)C2c2ccccc2)cc1. The van der Waals surface area contributed by atoms with Crippen molar-refractivity contribution < 1.29 is 24.2 Å². The van der Waals surface area contributed by atoms with Crippen molar-refractivity contribution in [3.8, 4) is 0 Å². The first-order valence-corrected chi connectivity index (χ1v) is 11.0. The van der Waals surface area contributed by atoms with Crippen LogP contribution in [0.2, 0.25) is 0 Å². The van der Waals surface area contributed by atoms with Crippen LogP contribution in [0.25, 0.3) is 5.76 Å². The molecule has 6 nitrogen and oxygen atoms in total. The van der Waals surface area contributed by atoms with Crippen LogP contribution in [-0.4, -0.2) is 28.9 Å². The zero-order chi connectivity index (χ0) is 24.4. The summed E-state index contributed by atoms with van der Waals surface area (Å²) < 4.78 is 5.22. The molecule has 1 fully saturated rings. The lowest BCUT2D eigenvalue weighted by Gasteiger charge is -2.25. The monoisotopic (exact) mass is 455 g/mol. The fourth-order valence-corrected chi connectivity index (χ4v) is 3.96. The lowest BCUT2D eigenvalue weighted by Crippen LogP contribution is -2.29. The van der Waals surface area contributed by atoms with Crippen molar-refractivity contribution in [3.05, 3.63) is 107 Å². The van der Waals surface area contributed by atoms with Crippen molar-refractivity contribution in [2.45, 2.75) is 32.9 Å². The molecule has 1 aliphatic rings. The molecule has 1 atom stereocenters. The number of ketones is 1. The maximum Gasteiger partial charge on any atom is 0.338 e. The van der Waals surface area contributed by atoms with E-state index in [0.717, 1.165) is 5.56 Å². The Kier molecular flexibility index (Phi) is 6.32. The molecule has 172 valence electrons. The number of nitrogens with zero attached hydrogens (tertiary/aromatic N) is 1. The minimum atomic E-state index is -0.823. The number of rotatable bonds is 5. The van der Waals surface area contributed by atoms with Gasteiger partial charge in [0.05, 0.1) is 23.3 Å². The van der Waals surface area contributed by atoms with Crippen LogP contribution in [0.3, 0.4) is 0 Å².